The van der Waals surface area contributed by atoms with Gasteiger partial charge in [0.15, 0.2) is 9.84 Å². The van der Waals surface area contributed by atoms with Gasteiger partial charge in [0, 0.05) is 4.47 Å². The average molecular weight is 358 g/mol. The van der Waals surface area contributed by atoms with Crippen molar-refractivity contribution in [2.75, 3.05) is 13.1 Å². The molecule has 110 valence electrons. The average Bonchev–Trinajstić information content (AvgIpc) is 3.24. The molecule has 1 saturated carbocycles. The summed E-state index contributed by atoms with van der Waals surface area (Å²) in [5.41, 5.74) is 1.22. The summed E-state index contributed by atoms with van der Waals surface area (Å²) in [6.07, 6.45) is 5.14. The van der Waals surface area contributed by atoms with Crippen molar-refractivity contribution >= 4 is 25.8 Å². The van der Waals surface area contributed by atoms with Crippen molar-refractivity contribution in [3.63, 3.8) is 0 Å². The zero-order chi connectivity index (χ0) is 14.2. The highest BCUT2D eigenvalue weighted by Crippen LogP contribution is 2.37. The predicted octanol–water partition coefficient (Wildman–Crippen LogP) is 2.93. The van der Waals surface area contributed by atoms with Gasteiger partial charge in [0.05, 0.1) is 10.1 Å². The van der Waals surface area contributed by atoms with Gasteiger partial charge in [0.2, 0.25) is 0 Å². The maximum atomic E-state index is 12.3. The van der Waals surface area contributed by atoms with Crippen LogP contribution in [0.15, 0.2) is 27.6 Å². The summed E-state index contributed by atoms with van der Waals surface area (Å²) < 4.78 is 25.3. The maximum absolute atomic E-state index is 12.3. The molecular formula is C15H20BrNO2S. The van der Waals surface area contributed by atoms with Crippen LogP contribution in [0.25, 0.3) is 0 Å². The SMILES string of the molecule is O=S(=O)(c1ccc(CC2CCCNC2)cc1Br)C1CC1. The first-order valence-electron chi connectivity index (χ1n) is 7.30. The molecule has 1 aromatic carbocycles. The van der Waals surface area contributed by atoms with E-state index in [9.17, 15) is 8.42 Å². The fourth-order valence-corrected chi connectivity index (χ4v) is 5.70. The third-order valence-corrected chi connectivity index (χ3v) is 7.43. The lowest BCUT2D eigenvalue weighted by molar-refractivity contribution is 0.376. The molecule has 0 amide bonds. The molecule has 2 aliphatic rings. The van der Waals surface area contributed by atoms with Gasteiger partial charge in [-0.25, -0.2) is 8.42 Å². The highest BCUT2D eigenvalue weighted by atomic mass is 79.9. The summed E-state index contributed by atoms with van der Waals surface area (Å²) in [4.78, 5) is 0.463. The quantitative estimate of drug-likeness (QED) is 0.900. The Bertz CT molecular complexity index is 590. The second-order valence-corrected chi connectivity index (χ2v) is 8.98. The molecule has 2 fully saturated rings. The van der Waals surface area contributed by atoms with Gasteiger partial charge in [0.25, 0.3) is 0 Å². The van der Waals surface area contributed by atoms with E-state index in [1.54, 1.807) is 6.07 Å². The summed E-state index contributed by atoms with van der Waals surface area (Å²) in [6, 6.07) is 5.75. The van der Waals surface area contributed by atoms with Crippen molar-refractivity contribution in [1.29, 1.82) is 0 Å². The van der Waals surface area contributed by atoms with E-state index >= 15 is 0 Å². The lowest BCUT2D eigenvalue weighted by Crippen LogP contribution is -2.30. The molecule has 3 nitrogen and oxygen atoms in total. The number of hydrogen-bond donors (Lipinski definition) is 1. The molecule has 1 N–H and O–H groups in total. The van der Waals surface area contributed by atoms with E-state index in [0.717, 1.165) is 36.8 Å². The van der Waals surface area contributed by atoms with Crippen LogP contribution in [0.1, 0.15) is 31.2 Å². The first-order valence-corrected chi connectivity index (χ1v) is 9.64. The fourth-order valence-electron chi connectivity index (χ4n) is 2.89. The lowest BCUT2D eigenvalue weighted by atomic mass is 9.92. The van der Waals surface area contributed by atoms with Crippen LogP contribution in [0.3, 0.4) is 0 Å². The molecule has 0 radical (unpaired) electrons. The maximum Gasteiger partial charge on any atom is 0.182 e. The van der Waals surface area contributed by atoms with Crippen molar-refractivity contribution < 1.29 is 8.42 Å². The number of hydrogen-bond acceptors (Lipinski definition) is 3. The van der Waals surface area contributed by atoms with E-state index < -0.39 is 9.84 Å². The number of halogens is 1. The molecule has 0 spiro atoms. The molecule has 3 rings (SSSR count). The molecule has 1 aliphatic heterocycles. The van der Waals surface area contributed by atoms with Gasteiger partial charge in [0.1, 0.15) is 0 Å². The Morgan fingerprint density at radius 1 is 1.25 bits per heavy atom. The third kappa shape index (κ3) is 3.10. The number of rotatable bonds is 4. The zero-order valence-corrected chi connectivity index (χ0v) is 13.8. The second kappa shape index (κ2) is 5.78. The third-order valence-electron chi connectivity index (χ3n) is 4.19. The Morgan fingerprint density at radius 3 is 2.65 bits per heavy atom. The van der Waals surface area contributed by atoms with Crippen LogP contribution in [0.2, 0.25) is 0 Å². The summed E-state index contributed by atoms with van der Waals surface area (Å²) in [5.74, 6) is 0.668. The molecular weight excluding hydrogens is 338 g/mol. The van der Waals surface area contributed by atoms with Crippen LogP contribution in [-0.4, -0.2) is 26.8 Å². The standard InChI is InChI=1S/C15H20BrNO2S/c16-14-9-11(8-12-2-1-7-17-10-12)3-6-15(14)20(18,19)13-4-5-13/h3,6,9,12-13,17H,1-2,4-5,7-8,10H2. The smallest absolute Gasteiger partial charge is 0.182 e. The number of sulfone groups is 1. The second-order valence-electron chi connectivity index (χ2n) is 5.93. The van der Waals surface area contributed by atoms with Crippen molar-refractivity contribution in [3.05, 3.63) is 28.2 Å². The van der Waals surface area contributed by atoms with E-state index in [-0.39, 0.29) is 5.25 Å². The fraction of sp³-hybridized carbons (Fsp3) is 0.600. The Labute approximate surface area is 129 Å². The van der Waals surface area contributed by atoms with E-state index in [2.05, 4.69) is 21.2 Å². The highest BCUT2D eigenvalue weighted by Gasteiger charge is 2.37. The number of nitrogens with one attached hydrogen (secondary N) is 1. The zero-order valence-electron chi connectivity index (χ0n) is 11.4. The van der Waals surface area contributed by atoms with Crippen molar-refractivity contribution in [1.82, 2.24) is 5.32 Å². The van der Waals surface area contributed by atoms with Crippen LogP contribution >= 0.6 is 15.9 Å². The largest absolute Gasteiger partial charge is 0.316 e. The number of piperidine rings is 1. The molecule has 0 aromatic heterocycles. The van der Waals surface area contributed by atoms with Gasteiger partial charge in [-0.3, -0.25) is 0 Å². The van der Waals surface area contributed by atoms with E-state index in [1.807, 2.05) is 12.1 Å². The molecule has 20 heavy (non-hydrogen) atoms. The predicted molar refractivity (Wildman–Crippen MR) is 83.6 cm³/mol. The molecule has 1 atom stereocenters. The van der Waals surface area contributed by atoms with Crippen molar-refractivity contribution in [2.45, 2.75) is 42.2 Å². The summed E-state index contributed by atoms with van der Waals surface area (Å²) in [7, 11) is -3.11. The molecule has 1 aliphatic carbocycles. The van der Waals surface area contributed by atoms with Crippen molar-refractivity contribution in [3.8, 4) is 0 Å². The van der Waals surface area contributed by atoms with Crippen LogP contribution in [0.5, 0.6) is 0 Å². The Kier molecular flexibility index (Phi) is 4.20. The lowest BCUT2D eigenvalue weighted by Gasteiger charge is -2.22. The summed E-state index contributed by atoms with van der Waals surface area (Å²) >= 11 is 3.45. The monoisotopic (exact) mass is 357 g/mol. The summed E-state index contributed by atoms with van der Waals surface area (Å²) in [6.45, 7) is 2.19. The van der Waals surface area contributed by atoms with Gasteiger partial charge in [-0.2, -0.15) is 0 Å². The van der Waals surface area contributed by atoms with Gasteiger partial charge >= 0.3 is 0 Å². The Balaban J connectivity index is 1.77. The molecule has 1 heterocycles. The van der Waals surface area contributed by atoms with Gasteiger partial charge in [-0.05, 0) is 84.7 Å². The Morgan fingerprint density at radius 2 is 2.05 bits per heavy atom. The molecule has 1 unspecified atom stereocenters. The first kappa shape index (κ1) is 14.5. The minimum atomic E-state index is -3.11. The minimum absolute atomic E-state index is 0.146. The highest BCUT2D eigenvalue weighted by molar-refractivity contribution is 9.10. The summed E-state index contributed by atoms with van der Waals surface area (Å²) in [5, 5.41) is 3.27. The van der Waals surface area contributed by atoms with Crippen LogP contribution < -0.4 is 5.32 Å². The van der Waals surface area contributed by atoms with Gasteiger partial charge in [-0.1, -0.05) is 6.07 Å². The van der Waals surface area contributed by atoms with Crippen molar-refractivity contribution in [2.24, 2.45) is 5.92 Å². The minimum Gasteiger partial charge on any atom is -0.316 e. The van der Waals surface area contributed by atoms with Gasteiger partial charge in [-0.15, -0.1) is 0 Å². The topological polar surface area (TPSA) is 46.2 Å². The van der Waals surface area contributed by atoms with E-state index in [0.29, 0.717) is 10.8 Å². The Hall–Kier alpha value is -0.390. The van der Waals surface area contributed by atoms with Gasteiger partial charge < -0.3 is 5.32 Å². The van der Waals surface area contributed by atoms with E-state index in [1.165, 1.54) is 18.4 Å². The molecule has 0 bridgehead atoms. The molecule has 1 aromatic rings. The first-order chi connectivity index (χ1) is 9.57. The van der Waals surface area contributed by atoms with Crippen LogP contribution in [0, 0.1) is 5.92 Å². The molecule has 1 saturated heterocycles. The molecule has 5 heteroatoms. The van der Waals surface area contributed by atoms with E-state index in [4.69, 9.17) is 0 Å². The van der Waals surface area contributed by atoms with Crippen LogP contribution in [-0.2, 0) is 16.3 Å². The number of benzene rings is 1. The normalized spacial score (nSPS) is 23.8. The van der Waals surface area contributed by atoms with Crippen LogP contribution in [0.4, 0.5) is 0 Å².